The Hall–Kier alpha value is -3.36. The molecule has 0 aromatic carbocycles. The lowest BCUT2D eigenvalue weighted by Gasteiger charge is -2.50. The second-order valence-corrected chi connectivity index (χ2v) is 23.2. The van der Waals surface area contributed by atoms with Crippen LogP contribution in [0, 0.1) is 0 Å². The van der Waals surface area contributed by atoms with E-state index >= 15 is 0 Å². The van der Waals surface area contributed by atoms with Crippen molar-refractivity contribution in [2.75, 3.05) is 52.9 Å². The Morgan fingerprint density at radius 1 is 0.495 bits per heavy atom. The highest BCUT2D eigenvalue weighted by atomic mass is 16.8. The summed E-state index contributed by atoms with van der Waals surface area (Å²) < 4.78 is 71.4. The Morgan fingerprint density at radius 2 is 1.00 bits per heavy atom. The number of carbonyl (C=O) groups is 4. The van der Waals surface area contributed by atoms with Crippen LogP contribution in [0.15, 0.2) is 0 Å². The standard InChI is InChI=1S/C52H90N4O35/c1-16-28(53-17(2)63)38(75)42(26(12-61)82-16)88-48-29(54-18(3)64)22(68)8-52(14-62,91-48)15-81-49-41(78)43(89-51-45(40(77)35(72)25(11-60)85-51)90-47-31(56-20(5)66)37(74)33(70)23(9-58)83-47)36(73)27(86-49)13-80-50-44(39(76)34(71)24(10-59)84-50)87-46(79)30(55-19(4)65)32(69)21(67)6-7-57/h16,21-51,57-62,67-79H,6-15H2,1-5H3,(H,53,63)(H,54,64)(H,55,65)(H,56,66)/t16-,21+,22?,23?,24?,25?,26?,27?,28?,29?,30?,31?,32?,33+,34+,35?,36+,37?,38?,39?,40?,41?,42+,43?,44?,45?,46-,47-,48+,49+,50-,51?,52?/m0/s1. The lowest BCUT2D eigenvalue weighted by Crippen LogP contribution is -2.69. The Bertz CT molecular complexity index is 2300. The van der Waals surface area contributed by atoms with Crippen LogP contribution in [0.4, 0.5) is 0 Å². The third-order valence-electron chi connectivity index (χ3n) is 16.3. The third-order valence-corrected chi connectivity index (χ3v) is 16.3. The summed E-state index contributed by atoms with van der Waals surface area (Å²) in [4.78, 5) is 49.3. The number of amides is 4. The highest BCUT2D eigenvalue weighted by Crippen LogP contribution is 2.38. The molecule has 23 N–H and O–H groups in total. The van der Waals surface area contributed by atoms with Crippen molar-refractivity contribution in [2.45, 2.75) is 249 Å². The summed E-state index contributed by atoms with van der Waals surface area (Å²) in [6, 6.07) is -6.34. The zero-order chi connectivity index (χ0) is 67.7. The summed E-state index contributed by atoms with van der Waals surface area (Å²) in [6.07, 6.45) is -55.7. The van der Waals surface area contributed by atoms with Gasteiger partial charge in [-0.1, -0.05) is 0 Å². The summed E-state index contributed by atoms with van der Waals surface area (Å²) in [6.45, 7) is -2.01. The Morgan fingerprint density at radius 3 is 1.55 bits per heavy atom. The first kappa shape index (κ1) is 76.7. The fourth-order valence-corrected chi connectivity index (χ4v) is 11.5. The van der Waals surface area contributed by atoms with Gasteiger partial charge in [0.25, 0.3) is 0 Å². The van der Waals surface area contributed by atoms with E-state index in [0.717, 1.165) is 27.7 Å². The van der Waals surface area contributed by atoms with Crippen LogP contribution in [0.1, 0.15) is 47.5 Å². The number of aliphatic hydroxyl groups excluding tert-OH is 19. The minimum atomic E-state index is -2.43. The fourth-order valence-electron chi connectivity index (χ4n) is 11.5. The van der Waals surface area contributed by atoms with E-state index in [2.05, 4.69) is 21.3 Å². The first-order valence-electron chi connectivity index (χ1n) is 29.3. The molecule has 6 aliphatic rings. The second kappa shape index (κ2) is 34.0. The molecular formula is C52H90N4O35. The summed E-state index contributed by atoms with van der Waals surface area (Å²) in [5.41, 5.74) is -2.20. The molecule has 39 nitrogen and oxygen atoms in total. The molecule has 6 fully saturated rings. The topological polar surface area (TPSA) is 612 Å². The number of carbonyl (C=O) groups excluding carboxylic acids is 4. The van der Waals surface area contributed by atoms with Gasteiger partial charge < -0.3 is 175 Å². The molecule has 528 valence electrons. The summed E-state index contributed by atoms with van der Waals surface area (Å²) in [5, 5.41) is 218. The van der Waals surface area contributed by atoms with E-state index < -0.39 is 291 Å². The van der Waals surface area contributed by atoms with Gasteiger partial charge in [-0.05, 0) is 13.3 Å². The van der Waals surface area contributed by atoms with Crippen LogP contribution in [-0.2, 0) is 76.0 Å². The normalized spacial score (nSPS) is 43.6. The first-order valence-corrected chi connectivity index (χ1v) is 29.3. The van der Waals surface area contributed by atoms with Crippen LogP contribution >= 0.6 is 0 Å². The van der Waals surface area contributed by atoms with Gasteiger partial charge in [-0.25, -0.2) is 0 Å². The molecule has 91 heavy (non-hydrogen) atoms. The lowest BCUT2D eigenvalue weighted by atomic mass is 9.89. The molecule has 39 heteroatoms. The maximum atomic E-state index is 12.6. The molecule has 6 saturated heterocycles. The molecule has 33 atom stereocenters. The van der Waals surface area contributed by atoms with Crippen LogP contribution in [0.3, 0.4) is 0 Å². The fraction of sp³-hybridized carbons (Fsp3) is 0.923. The molecule has 6 rings (SSSR count). The third kappa shape index (κ3) is 18.4. The molecule has 6 aliphatic heterocycles. The van der Waals surface area contributed by atoms with E-state index in [1.54, 1.807) is 0 Å². The van der Waals surface area contributed by atoms with Gasteiger partial charge in [-0.15, -0.1) is 0 Å². The maximum absolute atomic E-state index is 12.6. The predicted molar refractivity (Wildman–Crippen MR) is 288 cm³/mol. The Balaban J connectivity index is 1.37. The van der Waals surface area contributed by atoms with Crippen molar-refractivity contribution in [3.05, 3.63) is 0 Å². The summed E-state index contributed by atoms with van der Waals surface area (Å²) in [5.74, 6) is -3.06. The van der Waals surface area contributed by atoms with Gasteiger partial charge in [0.15, 0.2) is 37.7 Å². The Kier molecular flexibility index (Phi) is 28.7. The number of hydrogen-bond donors (Lipinski definition) is 23. The van der Waals surface area contributed by atoms with Crippen molar-refractivity contribution in [1.29, 1.82) is 0 Å². The Labute approximate surface area is 519 Å². The number of hydrogen-bond acceptors (Lipinski definition) is 35. The number of ether oxygens (including phenoxy) is 12. The molecule has 0 aliphatic carbocycles. The van der Waals surface area contributed by atoms with Gasteiger partial charge in [0.1, 0.15) is 140 Å². The van der Waals surface area contributed by atoms with Gasteiger partial charge >= 0.3 is 0 Å². The molecule has 0 spiro atoms. The second-order valence-electron chi connectivity index (χ2n) is 23.2. The van der Waals surface area contributed by atoms with E-state index in [0.29, 0.717) is 0 Å². The highest BCUT2D eigenvalue weighted by Gasteiger charge is 2.58. The van der Waals surface area contributed by atoms with E-state index in [1.165, 1.54) is 6.92 Å². The molecule has 22 unspecified atom stereocenters. The van der Waals surface area contributed by atoms with E-state index in [4.69, 9.17) is 56.8 Å². The predicted octanol–water partition coefficient (Wildman–Crippen LogP) is -14.3. The number of rotatable bonds is 28. The SMILES string of the molecule is CC(=O)NC1C(O)CC(CO)(CO[C@@H]2OC(CO[C@H]3OC(CO)[C@@H](O)C(O)C3O[C@H](O)C(NC(C)=O)C(O)[C@H](O)CCO)[C@@H](O)C(OC3OC(CO)C(O)C(O)C3O[C@@H]3OC(CO)[C@@H](O)C(O)C3NC(C)=O)C2O)O[C@H]1O[C@@H]1C(CO)O[C@@H](C)C(NC(C)=O)C1O. The molecule has 4 amide bonds. The molecule has 0 bridgehead atoms. The minimum absolute atomic E-state index is 0.478. The van der Waals surface area contributed by atoms with Gasteiger partial charge in [-0.2, -0.15) is 0 Å². The average Bonchev–Trinajstić information content (AvgIpc) is 0.888. The monoisotopic (exact) mass is 1330 g/mol. The lowest BCUT2D eigenvalue weighted by molar-refractivity contribution is -0.389. The van der Waals surface area contributed by atoms with Crippen molar-refractivity contribution in [3.63, 3.8) is 0 Å². The van der Waals surface area contributed by atoms with Crippen molar-refractivity contribution in [1.82, 2.24) is 21.3 Å². The summed E-state index contributed by atoms with van der Waals surface area (Å²) in [7, 11) is 0. The highest BCUT2D eigenvalue weighted by molar-refractivity contribution is 5.74. The smallest absolute Gasteiger partial charge is 0.217 e. The zero-order valence-electron chi connectivity index (χ0n) is 50.1. The van der Waals surface area contributed by atoms with Crippen LogP contribution in [0.2, 0.25) is 0 Å². The van der Waals surface area contributed by atoms with Crippen LogP contribution in [0.25, 0.3) is 0 Å². The molecule has 0 aromatic heterocycles. The minimum Gasteiger partial charge on any atom is -0.396 e. The van der Waals surface area contributed by atoms with Gasteiger partial charge in [0.05, 0.1) is 70.6 Å². The van der Waals surface area contributed by atoms with Gasteiger partial charge in [-0.3, -0.25) is 19.2 Å². The van der Waals surface area contributed by atoms with E-state index in [1.807, 2.05) is 0 Å². The van der Waals surface area contributed by atoms with Crippen molar-refractivity contribution in [2.24, 2.45) is 0 Å². The molecule has 0 saturated carbocycles. The largest absolute Gasteiger partial charge is 0.396 e. The van der Waals surface area contributed by atoms with Crippen molar-refractivity contribution in [3.8, 4) is 0 Å². The van der Waals surface area contributed by atoms with Crippen molar-refractivity contribution < 1.29 is 173 Å². The van der Waals surface area contributed by atoms with E-state index in [-0.39, 0.29) is 0 Å². The zero-order valence-corrected chi connectivity index (χ0v) is 50.1. The first-order chi connectivity index (χ1) is 42.9. The van der Waals surface area contributed by atoms with Crippen LogP contribution in [-0.4, -0.2) is 375 Å². The molecule has 0 radical (unpaired) electrons. The van der Waals surface area contributed by atoms with Gasteiger partial charge in [0, 0.05) is 40.7 Å². The summed E-state index contributed by atoms with van der Waals surface area (Å²) >= 11 is 0. The molecular weight excluding hydrogens is 1240 g/mol. The quantitative estimate of drug-likeness (QED) is 0.0324. The average molecular weight is 1330 g/mol. The van der Waals surface area contributed by atoms with Crippen LogP contribution in [0.5, 0.6) is 0 Å². The number of nitrogens with one attached hydrogen (secondary N) is 4. The van der Waals surface area contributed by atoms with Gasteiger partial charge in [0.2, 0.25) is 23.6 Å². The van der Waals surface area contributed by atoms with E-state index in [9.17, 15) is 116 Å². The van der Waals surface area contributed by atoms with Crippen LogP contribution < -0.4 is 21.3 Å². The molecule has 0 aromatic rings. The number of aliphatic hydroxyl groups is 19. The maximum Gasteiger partial charge on any atom is 0.217 e. The molecule has 6 heterocycles. The van der Waals surface area contributed by atoms with Crippen molar-refractivity contribution >= 4 is 23.6 Å².